The van der Waals surface area contributed by atoms with Gasteiger partial charge in [0.1, 0.15) is 5.75 Å². The minimum absolute atomic E-state index is 0.207. The maximum Gasteiger partial charge on any atom is 0.316 e. The molecule has 0 amide bonds. The number of hydrogen-bond donors (Lipinski definition) is 0. The topological polar surface area (TPSA) is 52.6 Å². The van der Waals surface area contributed by atoms with Gasteiger partial charge in [-0.25, -0.2) is 0 Å². The van der Waals surface area contributed by atoms with Gasteiger partial charge in [0.25, 0.3) is 0 Å². The largest absolute Gasteiger partial charge is 0.497 e. The molecule has 0 N–H and O–H groups in total. The molecule has 17 heavy (non-hydrogen) atoms. The lowest BCUT2D eigenvalue weighted by atomic mass is 9.93. The van der Waals surface area contributed by atoms with Gasteiger partial charge in [-0.15, -0.1) is 0 Å². The molecule has 0 saturated carbocycles. The Kier molecular flexibility index (Phi) is 3.42. The molecule has 1 fully saturated rings. The van der Waals surface area contributed by atoms with Crippen LogP contribution in [0.4, 0.5) is 0 Å². The fraction of sp³-hybridized carbons (Fsp3) is 0.385. The van der Waals surface area contributed by atoms with Gasteiger partial charge in [-0.1, -0.05) is 12.1 Å². The summed E-state index contributed by atoms with van der Waals surface area (Å²) in [7, 11) is 1.61. The Morgan fingerprint density at radius 2 is 2.00 bits per heavy atom. The predicted molar refractivity (Wildman–Crippen MR) is 60.5 cm³/mol. The number of ether oxygens (including phenoxy) is 2. The minimum Gasteiger partial charge on any atom is -0.497 e. The number of carbonyl (C=O) groups is 2. The van der Waals surface area contributed by atoms with Crippen molar-refractivity contribution >= 4 is 11.9 Å². The fourth-order valence-corrected chi connectivity index (χ4v) is 1.89. The second-order valence-corrected chi connectivity index (χ2v) is 4.08. The Balaban J connectivity index is 2.00. The van der Waals surface area contributed by atoms with E-state index in [0.29, 0.717) is 19.3 Å². The molecule has 0 radical (unpaired) electrons. The molecule has 1 aliphatic heterocycles. The first kappa shape index (κ1) is 11.6. The SMILES string of the molecule is COc1ccc(CC2CCC(=O)OC2=O)cc1. The number of esters is 2. The van der Waals surface area contributed by atoms with Crippen molar-refractivity contribution in [3.8, 4) is 5.75 Å². The predicted octanol–water partition coefficient (Wildman–Crippen LogP) is 1.72. The van der Waals surface area contributed by atoms with E-state index in [1.165, 1.54) is 0 Å². The molecule has 4 nitrogen and oxygen atoms in total. The first-order chi connectivity index (χ1) is 8.19. The molecule has 0 aromatic heterocycles. The second-order valence-electron chi connectivity index (χ2n) is 4.08. The Morgan fingerprint density at radius 3 is 2.59 bits per heavy atom. The van der Waals surface area contributed by atoms with Crippen LogP contribution < -0.4 is 4.74 Å². The highest BCUT2D eigenvalue weighted by atomic mass is 16.6. The third-order valence-corrected chi connectivity index (χ3v) is 2.89. The molecule has 1 unspecified atom stereocenters. The van der Waals surface area contributed by atoms with Gasteiger partial charge in [0.05, 0.1) is 13.0 Å². The average Bonchev–Trinajstić information content (AvgIpc) is 2.34. The molecule has 0 bridgehead atoms. The standard InChI is InChI=1S/C13H14O4/c1-16-11-5-2-9(3-6-11)8-10-4-7-12(14)17-13(10)15/h2-3,5-6,10H,4,7-8H2,1H3. The highest BCUT2D eigenvalue weighted by Crippen LogP contribution is 2.22. The van der Waals surface area contributed by atoms with Crippen LogP contribution in [0.25, 0.3) is 0 Å². The van der Waals surface area contributed by atoms with Gasteiger partial charge in [0.2, 0.25) is 0 Å². The van der Waals surface area contributed by atoms with Crippen LogP contribution in [0.3, 0.4) is 0 Å². The smallest absolute Gasteiger partial charge is 0.316 e. The molecule has 1 saturated heterocycles. The lowest BCUT2D eigenvalue weighted by molar-refractivity contribution is -0.167. The van der Waals surface area contributed by atoms with Crippen molar-refractivity contribution in [1.29, 1.82) is 0 Å². The number of cyclic esters (lactones) is 2. The summed E-state index contributed by atoms with van der Waals surface area (Å²) >= 11 is 0. The van der Waals surface area contributed by atoms with Crippen molar-refractivity contribution in [2.75, 3.05) is 7.11 Å². The van der Waals surface area contributed by atoms with Crippen LogP contribution in [0.15, 0.2) is 24.3 Å². The third kappa shape index (κ3) is 2.84. The zero-order chi connectivity index (χ0) is 12.3. The van der Waals surface area contributed by atoms with E-state index < -0.39 is 11.9 Å². The van der Waals surface area contributed by atoms with E-state index in [4.69, 9.17) is 4.74 Å². The van der Waals surface area contributed by atoms with Gasteiger partial charge < -0.3 is 9.47 Å². The third-order valence-electron chi connectivity index (χ3n) is 2.89. The first-order valence-corrected chi connectivity index (χ1v) is 5.56. The second kappa shape index (κ2) is 4.99. The molecule has 1 atom stereocenters. The van der Waals surface area contributed by atoms with E-state index in [1.54, 1.807) is 7.11 Å². The van der Waals surface area contributed by atoms with Gasteiger partial charge in [-0.3, -0.25) is 9.59 Å². The molecule has 0 spiro atoms. The summed E-state index contributed by atoms with van der Waals surface area (Å²) in [4.78, 5) is 22.4. The van der Waals surface area contributed by atoms with Crippen LogP contribution in [0.5, 0.6) is 5.75 Å². The van der Waals surface area contributed by atoms with Crippen LogP contribution in [-0.4, -0.2) is 19.0 Å². The summed E-state index contributed by atoms with van der Waals surface area (Å²) in [6, 6.07) is 7.55. The zero-order valence-corrected chi connectivity index (χ0v) is 9.64. The highest BCUT2D eigenvalue weighted by molar-refractivity contribution is 5.89. The zero-order valence-electron chi connectivity index (χ0n) is 9.64. The minimum atomic E-state index is -0.416. The van der Waals surface area contributed by atoms with Crippen molar-refractivity contribution in [2.45, 2.75) is 19.3 Å². The Morgan fingerprint density at radius 1 is 1.29 bits per heavy atom. The number of methoxy groups -OCH3 is 1. The van der Waals surface area contributed by atoms with Gasteiger partial charge in [-0.05, 0) is 30.5 Å². The Bertz CT molecular complexity index is 422. The van der Waals surface area contributed by atoms with Crippen molar-refractivity contribution in [2.24, 2.45) is 5.92 Å². The Labute approximate surface area is 99.5 Å². The molecule has 1 heterocycles. The van der Waals surface area contributed by atoms with E-state index in [0.717, 1.165) is 11.3 Å². The van der Waals surface area contributed by atoms with Gasteiger partial charge in [-0.2, -0.15) is 0 Å². The van der Waals surface area contributed by atoms with Crippen molar-refractivity contribution in [3.05, 3.63) is 29.8 Å². The molecular weight excluding hydrogens is 220 g/mol. The van der Waals surface area contributed by atoms with Crippen LogP contribution in [0.2, 0.25) is 0 Å². The highest BCUT2D eigenvalue weighted by Gasteiger charge is 2.28. The molecule has 0 aliphatic carbocycles. The van der Waals surface area contributed by atoms with E-state index in [-0.39, 0.29) is 5.92 Å². The average molecular weight is 234 g/mol. The van der Waals surface area contributed by atoms with E-state index in [2.05, 4.69) is 4.74 Å². The van der Waals surface area contributed by atoms with E-state index >= 15 is 0 Å². The number of benzene rings is 1. The van der Waals surface area contributed by atoms with Gasteiger partial charge in [0, 0.05) is 6.42 Å². The molecule has 4 heteroatoms. The lowest BCUT2D eigenvalue weighted by Gasteiger charge is -2.19. The van der Waals surface area contributed by atoms with Gasteiger partial charge >= 0.3 is 11.9 Å². The molecular formula is C13H14O4. The molecule has 1 aliphatic rings. The van der Waals surface area contributed by atoms with Crippen LogP contribution in [0, 0.1) is 5.92 Å². The molecule has 1 aromatic rings. The van der Waals surface area contributed by atoms with Crippen LogP contribution in [0.1, 0.15) is 18.4 Å². The quantitative estimate of drug-likeness (QED) is 0.590. The summed E-state index contributed by atoms with van der Waals surface area (Å²) in [5, 5.41) is 0. The fourth-order valence-electron chi connectivity index (χ4n) is 1.89. The summed E-state index contributed by atoms with van der Waals surface area (Å²) in [6.45, 7) is 0. The van der Waals surface area contributed by atoms with Crippen molar-refractivity contribution < 1.29 is 19.1 Å². The maximum absolute atomic E-state index is 11.5. The lowest BCUT2D eigenvalue weighted by Crippen LogP contribution is -2.29. The monoisotopic (exact) mass is 234 g/mol. The first-order valence-electron chi connectivity index (χ1n) is 5.56. The summed E-state index contributed by atoms with van der Waals surface area (Å²) < 4.78 is 9.67. The molecule has 2 rings (SSSR count). The summed E-state index contributed by atoms with van der Waals surface area (Å²) in [5.41, 5.74) is 1.04. The van der Waals surface area contributed by atoms with E-state index in [1.807, 2.05) is 24.3 Å². The maximum atomic E-state index is 11.5. The number of rotatable bonds is 3. The van der Waals surface area contributed by atoms with E-state index in [9.17, 15) is 9.59 Å². The summed E-state index contributed by atoms with van der Waals surface area (Å²) in [6.07, 6.45) is 1.51. The van der Waals surface area contributed by atoms with Crippen molar-refractivity contribution in [1.82, 2.24) is 0 Å². The normalized spacial score (nSPS) is 19.9. The van der Waals surface area contributed by atoms with Gasteiger partial charge in [0.15, 0.2) is 0 Å². The summed E-state index contributed by atoms with van der Waals surface area (Å²) in [5.74, 6) is -0.241. The molecule has 1 aromatic carbocycles. The van der Waals surface area contributed by atoms with Crippen LogP contribution >= 0.6 is 0 Å². The number of carbonyl (C=O) groups excluding carboxylic acids is 2. The van der Waals surface area contributed by atoms with Crippen molar-refractivity contribution in [3.63, 3.8) is 0 Å². The number of hydrogen-bond acceptors (Lipinski definition) is 4. The van der Waals surface area contributed by atoms with Crippen LogP contribution in [-0.2, 0) is 20.7 Å². The molecule has 90 valence electrons. The Hall–Kier alpha value is -1.84.